The van der Waals surface area contributed by atoms with Crippen molar-refractivity contribution in [2.75, 3.05) is 72.4 Å². The van der Waals surface area contributed by atoms with E-state index in [1.165, 1.54) is 5.69 Å². The zero-order valence-corrected chi connectivity index (χ0v) is 35.0. The monoisotopic (exact) mass is 809 g/mol. The Morgan fingerprint density at radius 1 is 0.850 bits per heavy atom. The highest BCUT2D eigenvalue weighted by atomic mass is 16.2. The zero-order valence-electron chi connectivity index (χ0n) is 35.0. The van der Waals surface area contributed by atoms with Gasteiger partial charge in [0.05, 0.1) is 23.0 Å². The summed E-state index contributed by atoms with van der Waals surface area (Å²) in [5, 5.41) is 13.2. The largest absolute Gasteiger partial charge is 0.371 e. The number of hydrogen-bond acceptors (Lipinski definition) is 10. The van der Waals surface area contributed by atoms with Crippen LogP contribution in [0.4, 0.5) is 33.5 Å². The van der Waals surface area contributed by atoms with Crippen LogP contribution in [0.15, 0.2) is 91.4 Å². The molecular weight excluding hydrogens is 755 g/mol. The molecule has 3 N–H and O–H groups in total. The number of carbonyl (C=O) groups is 3. The third-order valence-corrected chi connectivity index (χ3v) is 11.8. The van der Waals surface area contributed by atoms with Crippen LogP contribution in [0.1, 0.15) is 61.5 Å². The van der Waals surface area contributed by atoms with Gasteiger partial charge in [-0.3, -0.25) is 29.4 Å². The summed E-state index contributed by atoms with van der Waals surface area (Å²) in [6.07, 6.45) is 7.77. The first-order valence-electron chi connectivity index (χ1n) is 21.0. The van der Waals surface area contributed by atoms with Gasteiger partial charge in [-0.2, -0.15) is 5.10 Å². The Bertz CT molecular complexity index is 2320. The summed E-state index contributed by atoms with van der Waals surface area (Å²) in [6, 6.07) is 24.4. The summed E-state index contributed by atoms with van der Waals surface area (Å²) < 4.78 is 1.80. The van der Waals surface area contributed by atoms with E-state index in [0.717, 1.165) is 98.1 Å². The summed E-state index contributed by atoms with van der Waals surface area (Å²) in [5.41, 5.74) is 8.36. The standard InChI is InChI=1S/C46H55N11O3/c1-32-26-34(8-9-35(32)28-48-43(59)36-29-49-57(31-36)46(2,3)4)41-14-18-47-44(51-41)50-37-10-12-38(13-11-37)55-24-22-53(23-25-55)30-33-15-19-54(20-16-33)39-6-5-7-40(27-39)56-21-17-42(58)52-45(56)60/h5-14,18,26-27,29,31,33H,15-17,19-25,28,30H2,1-4H3,(H,48,59)(H,47,50,51)(H,52,58,60). The van der Waals surface area contributed by atoms with Gasteiger partial charge < -0.3 is 20.4 Å². The van der Waals surface area contributed by atoms with Crippen LogP contribution in [0, 0.1) is 12.8 Å². The summed E-state index contributed by atoms with van der Waals surface area (Å²) in [5.74, 6) is 0.834. The van der Waals surface area contributed by atoms with Gasteiger partial charge in [-0.1, -0.05) is 18.2 Å². The first kappa shape index (κ1) is 40.5. The van der Waals surface area contributed by atoms with Crippen LogP contribution in [0.25, 0.3) is 11.3 Å². The number of carbonyl (C=O) groups excluding carboxylic acids is 3. The fourth-order valence-corrected chi connectivity index (χ4v) is 8.20. The predicted octanol–water partition coefficient (Wildman–Crippen LogP) is 6.56. The number of anilines is 5. The van der Waals surface area contributed by atoms with Crippen molar-refractivity contribution in [3.05, 3.63) is 108 Å². The smallest absolute Gasteiger partial charge is 0.328 e. The van der Waals surface area contributed by atoms with E-state index in [9.17, 15) is 14.4 Å². The van der Waals surface area contributed by atoms with Gasteiger partial charge >= 0.3 is 6.03 Å². The maximum Gasteiger partial charge on any atom is 0.328 e. The number of nitrogens with one attached hydrogen (secondary N) is 3. The molecule has 3 aliphatic heterocycles. The van der Waals surface area contributed by atoms with Crippen LogP contribution in [0.3, 0.4) is 0 Å². The summed E-state index contributed by atoms with van der Waals surface area (Å²) in [4.78, 5) is 55.2. The number of nitrogens with zero attached hydrogens (tertiary/aromatic N) is 8. The maximum absolute atomic E-state index is 12.8. The van der Waals surface area contributed by atoms with Crippen LogP contribution in [-0.4, -0.2) is 94.9 Å². The fraction of sp³-hybridized carbons (Fsp3) is 0.391. The first-order valence-corrected chi connectivity index (χ1v) is 21.0. The Labute approximate surface area is 352 Å². The van der Waals surface area contributed by atoms with Gasteiger partial charge in [0.1, 0.15) is 0 Å². The predicted molar refractivity (Wildman–Crippen MR) is 236 cm³/mol. The number of benzene rings is 3. The molecule has 8 rings (SSSR count). The van der Waals surface area contributed by atoms with E-state index in [-0.39, 0.29) is 23.4 Å². The second-order valence-electron chi connectivity index (χ2n) is 17.1. The van der Waals surface area contributed by atoms with Gasteiger partial charge in [-0.15, -0.1) is 0 Å². The number of rotatable bonds is 11. The number of amides is 4. The van der Waals surface area contributed by atoms with Gasteiger partial charge in [-0.05, 0) is 112 Å². The average Bonchev–Trinajstić information content (AvgIpc) is 3.76. The lowest BCUT2D eigenvalue weighted by atomic mass is 9.95. The number of imide groups is 1. The molecule has 14 heteroatoms. The normalized spacial score (nSPS) is 16.8. The van der Waals surface area contributed by atoms with E-state index in [4.69, 9.17) is 4.98 Å². The molecule has 0 atom stereocenters. The van der Waals surface area contributed by atoms with E-state index >= 15 is 0 Å². The fourth-order valence-electron chi connectivity index (χ4n) is 8.20. The van der Waals surface area contributed by atoms with E-state index in [1.54, 1.807) is 28.2 Å². The summed E-state index contributed by atoms with van der Waals surface area (Å²) in [6.45, 7) is 16.2. The van der Waals surface area contributed by atoms with Crippen molar-refractivity contribution >= 4 is 46.5 Å². The van der Waals surface area contributed by atoms with Crippen molar-refractivity contribution in [2.45, 2.75) is 59.0 Å². The molecule has 0 aliphatic carbocycles. The highest BCUT2D eigenvalue weighted by Gasteiger charge is 2.27. The lowest BCUT2D eigenvalue weighted by Crippen LogP contribution is -2.49. The topological polar surface area (TPSA) is 144 Å². The molecular formula is C46H55N11O3. The maximum atomic E-state index is 12.8. The minimum atomic E-state index is -0.345. The Kier molecular flexibility index (Phi) is 11.8. The molecule has 312 valence electrons. The average molecular weight is 810 g/mol. The van der Waals surface area contributed by atoms with Crippen molar-refractivity contribution in [2.24, 2.45) is 5.92 Å². The van der Waals surface area contributed by atoms with Gasteiger partial charge in [0.25, 0.3) is 5.91 Å². The molecule has 0 radical (unpaired) electrons. The minimum absolute atomic E-state index is 0.148. The van der Waals surface area contributed by atoms with Gasteiger partial charge in [0.2, 0.25) is 11.9 Å². The van der Waals surface area contributed by atoms with Gasteiger partial charge in [0.15, 0.2) is 0 Å². The second-order valence-corrected chi connectivity index (χ2v) is 17.1. The molecule has 5 aromatic rings. The van der Waals surface area contributed by atoms with Gasteiger partial charge in [-0.25, -0.2) is 14.8 Å². The molecule has 0 unspecified atom stereocenters. The molecule has 4 amide bonds. The second kappa shape index (κ2) is 17.5. The highest BCUT2D eigenvalue weighted by molar-refractivity contribution is 6.05. The Hall–Kier alpha value is -6.28. The van der Waals surface area contributed by atoms with E-state index in [0.29, 0.717) is 36.9 Å². The number of hydrogen-bond donors (Lipinski definition) is 3. The quantitative estimate of drug-likeness (QED) is 0.134. The van der Waals surface area contributed by atoms with Crippen molar-refractivity contribution in [3.8, 4) is 11.3 Å². The third kappa shape index (κ3) is 9.60. The number of aromatic nitrogens is 4. The Balaban J connectivity index is 0.781. The molecule has 3 saturated heterocycles. The molecule has 14 nitrogen and oxygen atoms in total. The van der Waals surface area contributed by atoms with Crippen LogP contribution in [0.2, 0.25) is 0 Å². The van der Waals surface area contributed by atoms with Gasteiger partial charge in [0, 0.05) is 106 Å². The number of piperidine rings is 1. The lowest BCUT2D eigenvalue weighted by molar-refractivity contribution is -0.120. The van der Waals surface area contributed by atoms with E-state index in [1.807, 2.05) is 58.0 Å². The Morgan fingerprint density at radius 3 is 2.32 bits per heavy atom. The molecule has 2 aromatic heterocycles. The number of urea groups is 1. The van der Waals surface area contributed by atoms with Crippen LogP contribution < -0.4 is 30.7 Å². The van der Waals surface area contributed by atoms with Crippen molar-refractivity contribution in [1.29, 1.82) is 0 Å². The van der Waals surface area contributed by atoms with Crippen LogP contribution in [0.5, 0.6) is 0 Å². The molecule has 0 bridgehead atoms. The molecule has 3 aromatic carbocycles. The van der Waals surface area contributed by atoms with Crippen LogP contribution in [-0.2, 0) is 16.9 Å². The highest BCUT2D eigenvalue weighted by Crippen LogP contribution is 2.29. The first-order chi connectivity index (χ1) is 28.9. The summed E-state index contributed by atoms with van der Waals surface area (Å²) in [7, 11) is 0. The minimum Gasteiger partial charge on any atom is -0.371 e. The molecule has 60 heavy (non-hydrogen) atoms. The zero-order chi connectivity index (χ0) is 41.8. The molecule has 3 fully saturated rings. The summed E-state index contributed by atoms with van der Waals surface area (Å²) >= 11 is 0. The van der Waals surface area contributed by atoms with Crippen LogP contribution >= 0.6 is 0 Å². The van der Waals surface area contributed by atoms with Crippen molar-refractivity contribution in [1.82, 2.24) is 35.3 Å². The molecule has 3 aliphatic rings. The molecule has 0 saturated carbocycles. The Morgan fingerprint density at radius 2 is 1.60 bits per heavy atom. The van der Waals surface area contributed by atoms with Crippen molar-refractivity contribution < 1.29 is 14.4 Å². The number of aryl methyl sites for hydroxylation is 1. The van der Waals surface area contributed by atoms with E-state index in [2.05, 4.69) is 83.2 Å². The SMILES string of the molecule is Cc1cc(-c2ccnc(Nc3ccc(N4CCN(CC5CCN(c6cccc(N7CCC(=O)NC7=O)c6)CC5)CC4)cc3)n2)ccc1CNC(=O)c1cnn(C(C)(C)C)c1. The van der Waals surface area contributed by atoms with Crippen molar-refractivity contribution in [3.63, 3.8) is 0 Å². The third-order valence-electron chi connectivity index (χ3n) is 11.8. The van der Waals surface area contributed by atoms with E-state index < -0.39 is 0 Å². The molecule has 5 heterocycles. The number of piperazine rings is 1. The molecule has 0 spiro atoms. The lowest BCUT2D eigenvalue weighted by Gasteiger charge is -2.40.